The number of carbonyl (C=O) groups excluding carboxylic acids is 1. The van der Waals surface area contributed by atoms with E-state index in [1.54, 1.807) is 0 Å². The highest BCUT2D eigenvalue weighted by atomic mass is 16.1. The van der Waals surface area contributed by atoms with Gasteiger partial charge in [0.05, 0.1) is 17.7 Å². The van der Waals surface area contributed by atoms with Gasteiger partial charge in [0.1, 0.15) is 5.82 Å². The molecule has 7 rings (SSSR count). The Morgan fingerprint density at radius 3 is 2.49 bits per heavy atom. The predicted octanol–water partition coefficient (Wildman–Crippen LogP) is 6.69. The molecule has 0 aliphatic heterocycles. The molecule has 1 heterocycles. The second kappa shape index (κ2) is 10.4. The summed E-state index contributed by atoms with van der Waals surface area (Å²) in [6.45, 7) is 5.92. The molecule has 193 valence electrons. The minimum Gasteiger partial charge on any atom is -0.370 e. The highest BCUT2D eigenvalue weighted by Crippen LogP contribution is 2.61. The molecule has 0 atom stereocenters. The van der Waals surface area contributed by atoms with Gasteiger partial charge >= 0.3 is 0 Å². The maximum absolute atomic E-state index is 13.2. The third-order valence-corrected chi connectivity index (χ3v) is 8.82. The summed E-state index contributed by atoms with van der Waals surface area (Å²) in [6, 6.07) is 18.6. The molecule has 1 aromatic heterocycles. The van der Waals surface area contributed by atoms with Gasteiger partial charge in [-0.05, 0) is 111 Å². The molecule has 1 amide bonds. The first-order valence-electron chi connectivity index (χ1n) is 14.1. The number of nitrogens with zero attached hydrogens (tertiary/aromatic N) is 1. The van der Waals surface area contributed by atoms with E-state index in [4.69, 9.17) is 4.98 Å². The zero-order chi connectivity index (χ0) is 25.2. The van der Waals surface area contributed by atoms with Crippen LogP contribution in [0.5, 0.6) is 0 Å². The molecule has 3 aromatic rings. The summed E-state index contributed by atoms with van der Waals surface area (Å²) in [5.41, 5.74) is 4.51. The smallest absolute Gasteiger partial charge is 0.224 e. The molecular weight excluding hydrogens is 456 g/mol. The van der Waals surface area contributed by atoms with Crippen molar-refractivity contribution in [1.82, 2.24) is 10.3 Å². The monoisotopic (exact) mass is 495 g/mol. The van der Waals surface area contributed by atoms with Crippen LogP contribution in [-0.4, -0.2) is 24.0 Å². The maximum atomic E-state index is 13.2. The molecule has 5 heteroatoms. The van der Waals surface area contributed by atoms with Crippen LogP contribution in [0.4, 0.5) is 11.5 Å². The number of amides is 1. The first-order chi connectivity index (χ1) is 18.0. The Morgan fingerprint density at radius 2 is 1.73 bits per heavy atom. The number of nitrogens with one attached hydrogen (secondary N) is 3. The fourth-order valence-corrected chi connectivity index (χ4v) is 7.76. The van der Waals surface area contributed by atoms with Crippen LogP contribution < -0.4 is 16.0 Å². The first-order valence-corrected chi connectivity index (χ1v) is 14.1. The van der Waals surface area contributed by atoms with Crippen LogP contribution in [0.25, 0.3) is 10.9 Å². The van der Waals surface area contributed by atoms with Gasteiger partial charge in [-0.25, -0.2) is 4.98 Å². The zero-order valence-corrected chi connectivity index (χ0v) is 21.9. The number of aromatic nitrogens is 1. The highest BCUT2D eigenvalue weighted by Gasteiger charge is 2.51. The standard InChI is InChI=1S/C32H39N4O/c1-22-5-2-6-23(13-22)21-33-11-4-12-34-30-10-9-27-28(35-30)7-3-8-29(27)36-31(37)20-32-17-24-14-25(18-32)16-26(15-24)19-32/h2-3,5-10,13,21,24-26,33H,4,11-12,14-20H2,1H3,(H,34,35)(H,36,37). The maximum Gasteiger partial charge on any atom is 0.224 e. The van der Waals surface area contributed by atoms with Gasteiger partial charge in [0.25, 0.3) is 0 Å². The van der Waals surface area contributed by atoms with Gasteiger partial charge in [0.2, 0.25) is 5.91 Å². The summed E-state index contributed by atoms with van der Waals surface area (Å²) in [5.74, 6) is 3.65. The summed E-state index contributed by atoms with van der Waals surface area (Å²) in [7, 11) is 0. The zero-order valence-electron chi connectivity index (χ0n) is 21.9. The minimum absolute atomic E-state index is 0.173. The molecule has 4 aliphatic carbocycles. The van der Waals surface area contributed by atoms with E-state index in [0.717, 1.165) is 59.7 Å². The third kappa shape index (κ3) is 5.67. The molecule has 4 saturated carbocycles. The van der Waals surface area contributed by atoms with Crippen molar-refractivity contribution in [1.29, 1.82) is 0 Å². The third-order valence-electron chi connectivity index (χ3n) is 8.82. The largest absolute Gasteiger partial charge is 0.370 e. The number of benzene rings is 2. The lowest BCUT2D eigenvalue weighted by atomic mass is 9.49. The van der Waals surface area contributed by atoms with Crippen LogP contribution >= 0.6 is 0 Å². The summed E-state index contributed by atoms with van der Waals surface area (Å²) < 4.78 is 0. The van der Waals surface area contributed by atoms with E-state index in [-0.39, 0.29) is 11.3 Å². The van der Waals surface area contributed by atoms with Crippen molar-refractivity contribution < 1.29 is 4.79 Å². The second-order valence-electron chi connectivity index (χ2n) is 12.0. The van der Waals surface area contributed by atoms with Crippen molar-refractivity contribution in [2.45, 2.75) is 58.3 Å². The van der Waals surface area contributed by atoms with Gasteiger partial charge in [-0.2, -0.15) is 0 Å². The number of aryl methyl sites for hydroxylation is 1. The first kappa shape index (κ1) is 24.4. The van der Waals surface area contributed by atoms with Crippen LogP contribution in [-0.2, 0) is 4.79 Å². The van der Waals surface area contributed by atoms with Gasteiger partial charge in [0, 0.05) is 18.4 Å². The van der Waals surface area contributed by atoms with Crippen LogP contribution in [0.3, 0.4) is 0 Å². The van der Waals surface area contributed by atoms with Gasteiger partial charge in [-0.1, -0.05) is 35.9 Å². The number of hydrogen-bond donors (Lipinski definition) is 3. The Labute approximate surface area is 220 Å². The average Bonchev–Trinajstić information content (AvgIpc) is 2.85. The van der Waals surface area contributed by atoms with Crippen LogP contribution in [0.15, 0.2) is 54.6 Å². The van der Waals surface area contributed by atoms with E-state index in [9.17, 15) is 4.79 Å². The topological polar surface area (TPSA) is 66.0 Å². The van der Waals surface area contributed by atoms with Crippen molar-refractivity contribution in [3.8, 4) is 0 Å². The number of hydrogen-bond acceptors (Lipinski definition) is 4. The molecule has 0 spiro atoms. The van der Waals surface area contributed by atoms with Crippen molar-refractivity contribution in [3.63, 3.8) is 0 Å². The Bertz CT molecular complexity index is 1230. The molecule has 0 unspecified atom stereocenters. The Kier molecular flexibility index (Phi) is 6.90. The average molecular weight is 496 g/mol. The number of fused-ring (bicyclic) bond motifs is 1. The van der Waals surface area contributed by atoms with E-state index < -0.39 is 0 Å². The van der Waals surface area contributed by atoms with Crippen LogP contribution in [0.1, 0.15) is 62.5 Å². The van der Waals surface area contributed by atoms with Crippen LogP contribution in [0, 0.1) is 36.6 Å². The van der Waals surface area contributed by atoms with E-state index in [1.807, 2.05) is 24.3 Å². The minimum atomic E-state index is 0.173. The van der Waals surface area contributed by atoms with Crippen molar-refractivity contribution in [2.24, 2.45) is 23.2 Å². The lowest BCUT2D eigenvalue weighted by Gasteiger charge is -2.56. The number of rotatable bonds is 10. The van der Waals surface area contributed by atoms with Gasteiger partial charge < -0.3 is 16.0 Å². The molecule has 4 fully saturated rings. The molecule has 5 nitrogen and oxygen atoms in total. The van der Waals surface area contributed by atoms with Crippen molar-refractivity contribution in [3.05, 3.63) is 72.3 Å². The number of anilines is 2. The van der Waals surface area contributed by atoms with E-state index in [0.29, 0.717) is 6.42 Å². The molecule has 4 bridgehead atoms. The lowest BCUT2D eigenvalue weighted by Crippen LogP contribution is -2.47. The number of pyridine rings is 1. The summed E-state index contributed by atoms with van der Waals surface area (Å²) in [6.07, 6.45) is 9.68. The fourth-order valence-electron chi connectivity index (χ4n) is 7.76. The lowest BCUT2D eigenvalue weighted by molar-refractivity contribution is -0.124. The quantitative estimate of drug-likeness (QED) is 0.274. The Morgan fingerprint density at radius 1 is 0.973 bits per heavy atom. The van der Waals surface area contributed by atoms with Gasteiger partial charge in [0.15, 0.2) is 0 Å². The van der Waals surface area contributed by atoms with Crippen LogP contribution in [0.2, 0.25) is 0 Å². The molecule has 3 N–H and O–H groups in total. The molecule has 2 aromatic carbocycles. The molecule has 1 radical (unpaired) electrons. The van der Waals surface area contributed by atoms with E-state index >= 15 is 0 Å². The van der Waals surface area contributed by atoms with Crippen molar-refractivity contribution in [2.75, 3.05) is 23.7 Å². The second-order valence-corrected chi connectivity index (χ2v) is 12.0. The summed E-state index contributed by atoms with van der Waals surface area (Å²) in [5, 5.41) is 11.1. The van der Waals surface area contributed by atoms with Gasteiger partial charge in [-0.15, -0.1) is 0 Å². The Hall–Kier alpha value is -2.92. The molecule has 4 aliphatic rings. The van der Waals surface area contributed by atoms with Gasteiger partial charge in [-0.3, -0.25) is 4.79 Å². The highest BCUT2D eigenvalue weighted by molar-refractivity contribution is 6.01. The Balaban J connectivity index is 1.01. The van der Waals surface area contributed by atoms with Crippen molar-refractivity contribution >= 4 is 28.3 Å². The SMILES string of the molecule is Cc1cccc([CH]NCCCNc2ccc3c(NC(=O)CC45CC6CC(CC(C6)C4)C5)cccc3n2)c1. The summed E-state index contributed by atoms with van der Waals surface area (Å²) >= 11 is 0. The summed E-state index contributed by atoms with van der Waals surface area (Å²) in [4.78, 5) is 18.0. The fraction of sp³-hybridized carbons (Fsp3) is 0.469. The molecule has 0 saturated heterocycles. The predicted molar refractivity (Wildman–Crippen MR) is 151 cm³/mol. The van der Waals surface area contributed by atoms with E-state index in [1.165, 1.54) is 49.7 Å². The molecule has 37 heavy (non-hydrogen) atoms. The molecular formula is C32H39N4O. The van der Waals surface area contributed by atoms with E-state index in [2.05, 4.69) is 59.8 Å². The number of carbonyl (C=O) groups is 1. The normalized spacial score (nSPS) is 25.9.